The molecule has 0 aromatic heterocycles. The van der Waals surface area contributed by atoms with Crippen LogP contribution in [0.5, 0.6) is 0 Å². The van der Waals surface area contributed by atoms with Gasteiger partial charge in [0.15, 0.2) is 0 Å². The molecule has 0 aliphatic heterocycles. The van der Waals surface area contributed by atoms with E-state index >= 15 is 0 Å². The summed E-state index contributed by atoms with van der Waals surface area (Å²) in [6.07, 6.45) is 0. The van der Waals surface area contributed by atoms with E-state index in [1.165, 1.54) is 49.7 Å². The molecule has 154 valence electrons. The molecule has 0 radical (unpaired) electrons. The number of hydrogen-bond donors (Lipinski definition) is 0. The van der Waals surface area contributed by atoms with Gasteiger partial charge in [-0.05, 0) is 36.0 Å². The van der Waals surface area contributed by atoms with Crippen LogP contribution in [0, 0.1) is 13.8 Å². The second-order valence-electron chi connectivity index (χ2n) is 8.80. The summed E-state index contributed by atoms with van der Waals surface area (Å²) < 4.78 is 0. The zero-order chi connectivity index (χ0) is 21.9. The van der Waals surface area contributed by atoms with Crippen LogP contribution in [0.15, 0.2) is 72.8 Å². The van der Waals surface area contributed by atoms with Crippen molar-refractivity contribution in [2.75, 3.05) is 0 Å². The van der Waals surface area contributed by atoms with E-state index in [0.29, 0.717) is 0 Å². The Morgan fingerprint density at radius 1 is 0.767 bits per heavy atom. The molecule has 0 aliphatic rings. The molecule has 0 atom stereocenters. The molecule has 4 aromatic rings. The van der Waals surface area contributed by atoms with Crippen molar-refractivity contribution in [3.63, 3.8) is 0 Å². The van der Waals surface area contributed by atoms with Gasteiger partial charge in [0.05, 0.1) is 0 Å². The van der Waals surface area contributed by atoms with Crippen molar-refractivity contribution in [2.24, 2.45) is 0 Å². The third-order valence-electron chi connectivity index (χ3n) is 5.35. The van der Waals surface area contributed by atoms with Crippen molar-refractivity contribution >= 4 is 27.8 Å². The first-order chi connectivity index (χ1) is 14.2. The van der Waals surface area contributed by atoms with Crippen molar-refractivity contribution in [2.45, 2.75) is 40.0 Å². The summed E-state index contributed by atoms with van der Waals surface area (Å²) in [5.74, 6) is 0. The predicted octanol–water partition coefficient (Wildman–Crippen LogP) is 9.18. The van der Waals surface area contributed by atoms with Crippen molar-refractivity contribution in [3.8, 4) is 22.3 Å². The van der Waals surface area contributed by atoms with Crippen LogP contribution in [0.4, 0.5) is 0 Å². The summed E-state index contributed by atoms with van der Waals surface area (Å²) in [6, 6.07) is 26.9. The topological polar surface area (TPSA) is 0 Å². The van der Waals surface area contributed by atoms with Gasteiger partial charge < -0.3 is 0 Å². The van der Waals surface area contributed by atoms with E-state index in [1.54, 1.807) is 0 Å². The van der Waals surface area contributed by atoms with E-state index < -0.39 is 20.8 Å². The van der Waals surface area contributed by atoms with Crippen molar-refractivity contribution < 1.29 is 20.8 Å². The first-order valence-corrected chi connectivity index (χ1v) is 16.4. The number of benzene rings is 3. The molecule has 0 fully saturated rings. The van der Waals surface area contributed by atoms with Crippen LogP contribution in [0.2, 0.25) is 0 Å². The van der Waals surface area contributed by atoms with E-state index in [-0.39, 0.29) is 5.41 Å². The average molecular weight is 514 g/mol. The molecular formula is C27H27Cl2Zr-. The quantitative estimate of drug-likeness (QED) is 0.234. The van der Waals surface area contributed by atoms with Gasteiger partial charge in [-0.15, -0.1) is 28.5 Å². The Bertz CT molecular complexity index is 1110. The number of aryl methyl sites for hydroxylation is 2. The maximum absolute atomic E-state index is 4.93. The number of rotatable bonds is 2. The van der Waals surface area contributed by atoms with E-state index in [2.05, 4.69) is 107 Å². The zero-order valence-corrected chi connectivity index (χ0v) is 22.2. The van der Waals surface area contributed by atoms with Crippen LogP contribution in [0.3, 0.4) is 0 Å². The molecule has 30 heavy (non-hydrogen) atoms. The van der Waals surface area contributed by atoms with Gasteiger partial charge >= 0.3 is 37.9 Å². The third-order valence-corrected chi connectivity index (χ3v) is 5.35. The molecule has 3 heteroatoms. The predicted molar refractivity (Wildman–Crippen MR) is 130 cm³/mol. The van der Waals surface area contributed by atoms with Crippen molar-refractivity contribution in [1.29, 1.82) is 0 Å². The van der Waals surface area contributed by atoms with Gasteiger partial charge in [0.2, 0.25) is 0 Å². The molecule has 0 saturated carbocycles. The van der Waals surface area contributed by atoms with E-state index in [9.17, 15) is 0 Å². The summed E-state index contributed by atoms with van der Waals surface area (Å²) in [6.45, 7) is 11.2. The Morgan fingerprint density at radius 2 is 1.37 bits per heavy atom. The molecule has 0 nitrogen and oxygen atoms in total. The van der Waals surface area contributed by atoms with Gasteiger partial charge in [-0.3, -0.25) is 0 Å². The van der Waals surface area contributed by atoms with E-state index in [0.717, 1.165) is 0 Å². The first-order valence-electron chi connectivity index (χ1n) is 10.1. The Kier molecular flexibility index (Phi) is 7.72. The molecule has 0 bridgehead atoms. The maximum atomic E-state index is 4.93. The second-order valence-corrected chi connectivity index (χ2v) is 12.5. The standard InChI is InChI=1S/C27H27.2ClH.Zr/c1-18-13-19(2)15-22(14-18)26-24(20-9-7-6-8-10-20)12-11-21-16-23(17-25(21)26)27(3,4)5;;;/h6-17H,1-5H3;2*1H;/q-1;;;+2/p-2. The second kappa shape index (κ2) is 9.90. The monoisotopic (exact) mass is 511 g/mol. The van der Waals surface area contributed by atoms with Gasteiger partial charge in [0, 0.05) is 0 Å². The van der Waals surface area contributed by atoms with Crippen molar-refractivity contribution in [3.05, 3.63) is 89.5 Å². The molecule has 0 unspecified atom stereocenters. The van der Waals surface area contributed by atoms with Crippen LogP contribution >= 0.6 is 17.0 Å². The van der Waals surface area contributed by atoms with E-state index in [1.807, 2.05) is 0 Å². The van der Waals surface area contributed by atoms with Crippen molar-refractivity contribution in [1.82, 2.24) is 0 Å². The molecule has 0 aliphatic carbocycles. The molecule has 0 heterocycles. The summed E-state index contributed by atoms with van der Waals surface area (Å²) in [5.41, 5.74) is 9.39. The average Bonchev–Trinajstić information content (AvgIpc) is 3.12. The Hall–Kier alpha value is -1.27. The van der Waals surface area contributed by atoms with E-state index in [4.69, 9.17) is 17.0 Å². The SMILES string of the molecule is Cc1cc(C)cc(-c2c(-c3ccccc3)ccc3[cH-]c(C(C)(C)C)cc23)c1.[Cl][Zr][Cl]. The molecular weight excluding hydrogens is 486 g/mol. The van der Waals surface area contributed by atoms with Crippen LogP contribution in [0.1, 0.15) is 37.5 Å². The number of hydrogen-bond acceptors (Lipinski definition) is 0. The molecule has 0 N–H and O–H groups in total. The normalized spacial score (nSPS) is 11.2. The third kappa shape index (κ3) is 5.31. The van der Waals surface area contributed by atoms with Crippen LogP contribution < -0.4 is 0 Å². The summed E-state index contributed by atoms with van der Waals surface area (Å²) in [5, 5.41) is 2.68. The fraction of sp³-hybridized carbons (Fsp3) is 0.222. The minimum absolute atomic E-state index is 0.145. The van der Waals surface area contributed by atoms with Gasteiger partial charge in [-0.2, -0.15) is 6.07 Å². The molecule has 0 saturated heterocycles. The number of halogens is 2. The summed E-state index contributed by atoms with van der Waals surface area (Å²) in [4.78, 5) is 0. The Labute approximate surface area is 199 Å². The molecule has 0 spiro atoms. The summed E-state index contributed by atoms with van der Waals surface area (Å²) in [7, 11) is 9.87. The fourth-order valence-corrected chi connectivity index (χ4v) is 4.00. The van der Waals surface area contributed by atoms with Gasteiger partial charge in [-0.1, -0.05) is 92.1 Å². The van der Waals surface area contributed by atoms with Gasteiger partial charge in [-0.25, -0.2) is 0 Å². The molecule has 0 amide bonds. The number of fused-ring (bicyclic) bond motifs is 1. The van der Waals surface area contributed by atoms with Crippen LogP contribution in [-0.4, -0.2) is 0 Å². The van der Waals surface area contributed by atoms with Gasteiger partial charge in [0.25, 0.3) is 0 Å². The zero-order valence-electron chi connectivity index (χ0n) is 18.2. The molecule has 4 rings (SSSR count). The Morgan fingerprint density at radius 3 is 1.93 bits per heavy atom. The van der Waals surface area contributed by atoms with Crippen LogP contribution in [-0.2, 0) is 26.3 Å². The van der Waals surface area contributed by atoms with Gasteiger partial charge in [0.1, 0.15) is 0 Å². The summed E-state index contributed by atoms with van der Waals surface area (Å²) >= 11 is -0.826. The first kappa shape index (κ1) is 23.4. The minimum atomic E-state index is -0.826. The fourth-order valence-electron chi connectivity index (χ4n) is 4.00. The Balaban J connectivity index is 0.000000806. The van der Waals surface area contributed by atoms with Crippen LogP contribution in [0.25, 0.3) is 33.0 Å². The molecule has 4 aromatic carbocycles.